The van der Waals surface area contributed by atoms with Gasteiger partial charge in [0.1, 0.15) is 12.4 Å². The highest BCUT2D eigenvalue weighted by atomic mass is 35.5. The van der Waals surface area contributed by atoms with E-state index in [1.807, 2.05) is 12.1 Å². The van der Waals surface area contributed by atoms with Gasteiger partial charge in [-0.15, -0.1) is 0 Å². The van der Waals surface area contributed by atoms with Crippen LogP contribution in [0.15, 0.2) is 42.5 Å². The number of amides is 2. The number of nitrogens with zero attached hydrogens (tertiary/aromatic N) is 1. The Balaban J connectivity index is 1.56. The number of benzene rings is 2. The Morgan fingerprint density at radius 2 is 2.04 bits per heavy atom. The lowest BCUT2D eigenvalue weighted by Crippen LogP contribution is -2.49. The van der Waals surface area contributed by atoms with Crippen LogP contribution >= 0.6 is 11.6 Å². The van der Waals surface area contributed by atoms with Crippen LogP contribution in [0.4, 0.5) is 10.1 Å². The first-order chi connectivity index (χ1) is 12.4. The van der Waals surface area contributed by atoms with E-state index in [0.717, 1.165) is 5.56 Å². The fraction of sp³-hybridized carbons (Fsp3) is 0.263. The molecule has 1 heterocycles. The van der Waals surface area contributed by atoms with E-state index >= 15 is 0 Å². The monoisotopic (exact) mass is 375 g/mol. The van der Waals surface area contributed by atoms with Crippen molar-refractivity contribution in [3.05, 3.63) is 64.4 Å². The van der Waals surface area contributed by atoms with Gasteiger partial charge in [0.15, 0.2) is 0 Å². The quantitative estimate of drug-likeness (QED) is 0.862. The first-order valence-corrected chi connectivity index (χ1v) is 8.63. The molecule has 0 saturated carbocycles. The van der Waals surface area contributed by atoms with Gasteiger partial charge >= 0.3 is 0 Å². The van der Waals surface area contributed by atoms with Crippen molar-refractivity contribution >= 4 is 29.1 Å². The molecule has 2 amide bonds. The third kappa shape index (κ3) is 4.39. The van der Waals surface area contributed by atoms with E-state index in [1.54, 1.807) is 31.2 Å². The Morgan fingerprint density at radius 3 is 2.69 bits per heavy atom. The molecule has 0 aromatic heterocycles. The number of anilines is 1. The second kappa shape index (κ2) is 7.85. The van der Waals surface area contributed by atoms with Crippen molar-refractivity contribution in [1.29, 1.82) is 0 Å². The molecule has 3 rings (SSSR count). The summed E-state index contributed by atoms with van der Waals surface area (Å²) >= 11 is 5.88. The van der Waals surface area contributed by atoms with Crippen LogP contribution in [-0.4, -0.2) is 29.9 Å². The van der Waals surface area contributed by atoms with Crippen LogP contribution < -0.4 is 10.6 Å². The number of halogens is 2. The summed E-state index contributed by atoms with van der Waals surface area (Å²) in [5.41, 5.74) is 1.85. The number of aryl methyl sites for hydroxylation is 1. The zero-order valence-corrected chi connectivity index (χ0v) is 15.0. The minimum Gasteiger partial charge on any atom is -0.324 e. The average molecular weight is 376 g/mol. The van der Waals surface area contributed by atoms with E-state index < -0.39 is 0 Å². The minimum absolute atomic E-state index is 0.0886. The van der Waals surface area contributed by atoms with Gasteiger partial charge < -0.3 is 10.2 Å². The molecule has 136 valence electrons. The molecule has 0 radical (unpaired) electrons. The highest BCUT2D eigenvalue weighted by molar-refractivity contribution is 6.30. The predicted molar refractivity (Wildman–Crippen MR) is 98.3 cm³/mol. The summed E-state index contributed by atoms with van der Waals surface area (Å²) in [6.45, 7) is 1.83. The zero-order valence-electron chi connectivity index (χ0n) is 14.3. The molecule has 2 aromatic rings. The van der Waals surface area contributed by atoms with Crippen LogP contribution in [0.1, 0.15) is 23.6 Å². The van der Waals surface area contributed by atoms with Crippen molar-refractivity contribution in [3.63, 3.8) is 0 Å². The van der Waals surface area contributed by atoms with Gasteiger partial charge in [0.25, 0.3) is 0 Å². The Hall–Kier alpha value is -2.44. The van der Waals surface area contributed by atoms with E-state index in [2.05, 4.69) is 10.6 Å². The number of hydrogen-bond acceptors (Lipinski definition) is 3. The van der Waals surface area contributed by atoms with Crippen molar-refractivity contribution in [2.75, 3.05) is 18.5 Å². The van der Waals surface area contributed by atoms with Crippen LogP contribution in [0.2, 0.25) is 5.02 Å². The summed E-state index contributed by atoms with van der Waals surface area (Å²) < 4.78 is 13.5. The SMILES string of the molecule is Cc1ccc(NC(=O)CN2CNC(c3ccc(Cl)cc3)CC2=O)cc1F. The highest BCUT2D eigenvalue weighted by Gasteiger charge is 2.27. The van der Waals surface area contributed by atoms with Gasteiger partial charge in [0.2, 0.25) is 11.8 Å². The van der Waals surface area contributed by atoms with Crippen LogP contribution in [0.5, 0.6) is 0 Å². The summed E-state index contributed by atoms with van der Waals surface area (Å²) in [4.78, 5) is 25.9. The smallest absolute Gasteiger partial charge is 0.244 e. The first-order valence-electron chi connectivity index (χ1n) is 8.25. The molecule has 2 aromatic carbocycles. The topological polar surface area (TPSA) is 61.4 Å². The minimum atomic E-state index is -0.385. The summed E-state index contributed by atoms with van der Waals surface area (Å²) in [5, 5.41) is 6.50. The van der Waals surface area contributed by atoms with Gasteiger partial charge in [-0.1, -0.05) is 29.8 Å². The van der Waals surface area contributed by atoms with Gasteiger partial charge in [-0.3, -0.25) is 14.9 Å². The molecule has 1 aliphatic rings. The summed E-state index contributed by atoms with van der Waals surface area (Å²) in [7, 11) is 0. The van der Waals surface area contributed by atoms with Crippen LogP contribution in [0.3, 0.4) is 0 Å². The molecule has 7 heteroatoms. The van der Waals surface area contributed by atoms with Crippen molar-refractivity contribution in [3.8, 4) is 0 Å². The Bertz CT molecular complexity index is 826. The maximum Gasteiger partial charge on any atom is 0.244 e. The maximum absolute atomic E-state index is 13.5. The second-order valence-corrected chi connectivity index (χ2v) is 6.71. The molecule has 0 spiro atoms. The lowest BCUT2D eigenvalue weighted by molar-refractivity contribution is -0.138. The molecule has 0 aliphatic carbocycles. The molecular formula is C19H19ClFN3O2. The van der Waals surface area contributed by atoms with Gasteiger partial charge in [0.05, 0.1) is 6.67 Å². The van der Waals surface area contributed by atoms with Gasteiger partial charge in [-0.25, -0.2) is 4.39 Å². The van der Waals surface area contributed by atoms with Crippen molar-refractivity contribution in [1.82, 2.24) is 10.2 Å². The van der Waals surface area contributed by atoms with Crippen molar-refractivity contribution in [2.45, 2.75) is 19.4 Å². The Labute approximate surface area is 156 Å². The van der Waals surface area contributed by atoms with E-state index in [9.17, 15) is 14.0 Å². The van der Waals surface area contributed by atoms with E-state index in [0.29, 0.717) is 16.3 Å². The molecule has 1 atom stereocenters. The van der Waals surface area contributed by atoms with Crippen LogP contribution in [0.25, 0.3) is 0 Å². The normalized spacial score (nSPS) is 17.3. The van der Waals surface area contributed by atoms with E-state index in [4.69, 9.17) is 11.6 Å². The highest BCUT2D eigenvalue weighted by Crippen LogP contribution is 2.23. The summed E-state index contributed by atoms with van der Waals surface area (Å²) in [5.74, 6) is -0.869. The van der Waals surface area contributed by atoms with Crippen molar-refractivity contribution in [2.24, 2.45) is 0 Å². The van der Waals surface area contributed by atoms with Crippen molar-refractivity contribution < 1.29 is 14.0 Å². The van der Waals surface area contributed by atoms with E-state index in [1.165, 1.54) is 11.0 Å². The molecule has 1 unspecified atom stereocenters. The fourth-order valence-electron chi connectivity index (χ4n) is 2.80. The Kier molecular flexibility index (Phi) is 5.54. The molecule has 1 fully saturated rings. The Morgan fingerprint density at radius 1 is 1.31 bits per heavy atom. The molecule has 0 bridgehead atoms. The van der Waals surface area contributed by atoms with Gasteiger partial charge in [-0.2, -0.15) is 0 Å². The molecule has 1 aliphatic heterocycles. The largest absolute Gasteiger partial charge is 0.324 e. The maximum atomic E-state index is 13.5. The summed E-state index contributed by atoms with van der Waals surface area (Å²) in [6.07, 6.45) is 0.258. The molecule has 1 saturated heterocycles. The fourth-order valence-corrected chi connectivity index (χ4v) is 2.93. The third-order valence-corrected chi connectivity index (χ3v) is 4.57. The molecular weight excluding hydrogens is 357 g/mol. The number of rotatable bonds is 4. The van der Waals surface area contributed by atoms with Gasteiger partial charge in [-0.05, 0) is 42.3 Å². The van der Waals surface area contributed by atoms with Crippen LogP contribution in [-0.2, 0) is 9.59 Å². The number of carbonyl (C=O) groups is 2. The molecule has 26 heavy (non-hydrogen) atoms. The molecule has 5 nitrogen and oxygen atoms in total. The van der Waals surface area contributed by atoms with Crippen LogP contribution in [0, 0.1) is 12.7 Å². The first kappa shape index (κ1) is 18.4. The average Bonchev–Trinajstić information content (AvgIpc) is 2.60. The van der Waals surface area contributed by atoms with Gasteiger partial charge in [0, 0.05) is 23.2 Å². The summed E-state index contributed by atoms with van der Waals surface area (Å²) in [6, 6.07) is 11.7. The standard InChI is InChI=1S/C19H19ClFN3O2/c1-12-2-7-15(8-16(12)21)23-18(25)10-24-11-22-17(9-19(24)26)13-3-5-14(20)6-4-13/h2-8,17,22H,9-11H2,1H3,(H,23,25). The number of nitrogens with one attached hydrogen (secondary N) is 2. The lowest BCUT2D eigenvalue weighted by Gasteiger charge is -2.32. The van der Waals surface area contributed by atoms with E-state index in [-0.39, 0.29) is 43.3 Å². The number of carbonyl (C=O) groups excluding carboxylic acids is 2. The lowest BCUT2D eigenvalue weighted by atomic mass is 10.0. The third-order valence-electron chi connectivity index (χ3n) is 4.32. The zero-order chi connectivity index (χ0) is 18.7. The second-order valence-electron chi connectivity index (χ2n) is 6.27. The molecule has 2 N–H and O–H groups in total. The number of hydrogen-bond donors (Lipinski definition) is 2. The predicted octanol–water partition coefficient (Wildman–Crippen LogP) is 3.25.